The highest BCUT2D eigenvalue weighted by molar-refractivity contribution is 5.66. The second kappa shape index (κ2) is 11.9. The van der Waals surface area contributed by atoms with E-state index in [9.17, 15) is 0 Å². The molecule has 0 aliphatic carbocycles. The summed E-state index contributed by atoms with van der Waals surface area (Å²) in [7, 11) is 3.85. The van der Waals surface area contributed by atoms with Crippen LogP contribution in [0.2, 0.25) is 0 Å². The monoisotopic (exact) mass is 552 g/mol. The molecular formula is C31H36N8O2. The van der Waals surface area contributed by atoms with E-state index in [1.165, 1.54) is 11.3 Å². The SMILES string of the molecule is COc1ccc(CN2CCOc3ccc(Nc4nc(Nc5cccc(N6CCN(C)CC6)c5)ncc4C)nc32)cc1. The van der Waals surface area contributed by atoms with Gasteiger partial charge in [-0.05, 0) is 62.0 Å². The Balaban J connectivity index is 1.17. The molecule has 4 heterocycles. The molecule has 10 heteroatoms. The summed E-state index contributed by atoms with van der Waals surface area (Å²) >= 11 is 0. The molecule has 0 unspecified atom stereocenters. The first-order valence-electron chi connectivity index (χ1n) is 14.0. The van der Waals surface area contributed by atoms with Crippen LogP contribution < -0.4 is 29.9 Å². The molecule has 2 N–H and O–H groups in total. The van der Waals surface area contributed by atoms with E-state index in [1.807, 2.05) is 43.5 Å². The second-order valence-corrected chi connectivity index (χ2v) is 10.5. The second-order valence-electron chi connectivity index (χ2n) is 10.5. The van der Waals surface area contributed by atoms with E-state index in [1.54, 1.807) is 7.11 Å². The first kappa shape index (κ1) is 26.6. The Morgan fingerprint density at radius 1 is 0.927 bits per heavy atom. The van der Waals surface area contributed by atoms with Gasteiger partial charge >= 0.3 is 0 Å². The van der Waals surface area contributed by atoms with Gasteiger partial charge in [0.15, 0.2) is 11.6 Å². The van der Waals surface area contributed by atoms with Crippen molar-refractivity contribution < 1.29 is 9.47 Å². The summed E-state index contributed by atoms with van der Waals surface area (Å²) in [5.41, 5.74) is 4.26. The number of nitrogens with zero attached hydrogens (tertiary/aromatic N) is 6. The highest BCUT2D eigenvalue weighted by atomic mass is 16.5. The number of hydrogen-bond donors (Lipinski definition) is 2. The molecule has 6 rings (SSSR count). The molecule has 4 aromatic rings. The Labute approximate surface area is 241 Å². The molecule has 0 spiro atoms. The number of rotatable bonds is 8. The van der Waals surface area contributed by atoms with Crippen molar-refractivity contribution in [1.29, 1.82) is 0 Å². The summed E-state index contributed by atoms with van der Waals surface area (Å²) in [5, 5.41) is 6.78. The lowest BCUT2D eigenvalue weighted by molar-refractivity contribution is 0.304. The van der Waals surface area contributed by atoms with Gasteiger partial charge in [-0.3, -0.25) is 0 Å². The number of fused-ring (bicyclic) bond motifs is 1. The van der Waals surface area contributed by atoms with Crippen molar-refractivity contribution >= 4 is 34.8 Å². The Kier molecular flexibility index (Phi) is 7.73. The summed E-state index contributed by atoms with van der Waals surface area (Å²) < 4.78 is 11.2. The number of benzene rings is 2. The highest BCUT2D eigenvalue weighted by Gasteiger charge is 2.21. The van der Waals surface area contributed by atoms with Crippen LogP contribution in [-0.4, -0.2) is 73.3 Å². The Bertz CT molecular complexity index is 1490. The first-order chi connectivity index (χ1) is 20.0. The van der Waals surface area contributed by atoms with Gasteiger partial charge in [0.25, 0.3) is 0 Å². The van der Waals surface area contributed by atoms with E-state index in [2.05, 4.69) is 67.7 Å². The van der Waals surface area contributed by atoms with E-state index < -0.39 is 0 Å². The zero-order valence-corrected chi connectivity index (χ0v) is 23.8. The summed E-state index contributed by atoms with van der Waals surface area (Å²) in [6.45, 7) is 8.25. The topological polar surface area (TPSA) is 90.9 Å². The maximum absolute atomic E-state index is 5.91. The van der Waals surface area contributed by atoms with Gasteiger partial charge in [0.1, 0.15) is 24.0 Å². The van der Waals surface area contributed by atoms with E-state index in [4.69, 9.17) is 19.4 Å². The maximum atomic E-state index is 5.91. The normalized spacial score (nSPS) is 15.2. The number of piperazine rings is 1. The van der Waals surface area contributed by atoms with E-state index in [-0.39, 0.29) is 0 Å². The van der Waals surface area contributed by atoms with Crippen LogP contribution in [0.1, 0.15) is 11.1 Å². The molecule has 1 saturated heterocycles. The summed E-state index contributed by atoms with van der Waals surface area (Å²) in [6.07, 6.45) is 1.82. The van der Waals surface area contributed by atoms with Crippen LogP contribution in [0.3, 0.4) is 0 Å². The van der Waals surface area contributed by atoms with Crippen LogP contribution in [0.4, 0.5) is 34.8 Å². The molecule has 0 amide bonds. The molecule has 0 radical (unpaired) electrons. The van der Waals surface area contributed by atoms with Crippen molar-refractivity contribution in [3.63, 3.8) is 0 Å². The fourth-order valence-corrected chi connectivity index (χ4v) is 5.05. The molecule has 2 aliphatic rings. The number of aryl methyl sites for hydroxylation is 1. The smallest absolute Gasteiger partial charge is 0.229 e. The Morgan fingerprint density at radius 3 is 2.56 bits per heavy atom. The van der Waals surface area contributed by atoms with Gasteiger partial charge in [-0.15, -0.1) is 0 Å². The average molecular weight is 553 g/mol. The molecule has 0 atom stereocenters. The quantitative estimate of drug-likeness (QED) is 0.317. The van der Waals surface area contributed by atoms with Crippen molar-refractivity contribution in [1.82, 2.24) is 19.9 Å². The van der Waals surface area contributed by atoms with Gasteiger partial charge in [-0.25, -0.2) is 9.97 Å². The fourth-order valence-electron chi connectivity index (χ4n) is 5.05. The summed E-state index contributed by atoms with van der Waals surface area (Å²) in [5.74, 6) is 4.34. The van der Waals surface area contributed by atoms with Crippen molar-refractivity contribution in [2.75, 3.05) is 73.9 Å². The lowest BCUT2D eigenvalue weighted by Gasteiger charge is -2.34. The third-order valence-electron chi connectivity index (χ3n) is 7.48. The fraction of sp³-hybridized carbons (Fsp3) is 0.323. The zero-order valence-electron chi connectivity index (χ0n) is 23.8. The zero-order chi connectivity index (χ0) is 28.2. The molecule has 10 nitrogen and oxygen atoms in total. The maximum Gasteiger partial charge on any atom is 0.229 e. The molecule has 2 aliphatic heterocycles. The molecule has 2 aromatic carbocycles. The predicted octanol–water partition coefficient (Wildman–Crippen LogP) is 4.83. The molecule has 41 heavy (non-hydrogen) atoms. The number of aromatic nitrogens is 3. The molecule has 1 fully saturated rings. The van der Waals surface area contributed by atoms with Crippen LogP contribution >= 0.6 is 0 Å². The van der Waals surface area contributed by atoms with Crippen LogP contribution in [0.25, 0.3) is 0 Å². The van der Waals surface area contributed by atoms with Crippen molar-refractivity contribution in [2.24, 2.45) is 0 Å². The van der Waals surface area contributed by atoms with Crippen LogP contribution in [0.15, 0.2) is 66.9 Å². The third-order valence-corrected chi connectivity index (χ3v) is 7.48. The van der Waals surface area contributed by atoms with Crippen molar-refractivity contribution in [3.8, 4) is 11.5 Å². The standard InChI is InChI=1S/C31H36N8O2/c1-22-20-32-31(33-24-5-4-6-25(19-24)38-15-13-37(2)14-16-38)36-29(22)34-28-12-11-27-30(35-28)39(17-18-41-27)21-23-7-9-26(40-3)10-8-23/h4-12,19-20H,13-18,21H2,1-3H3,(H2,32,33,34,35,36). The Hall–Kier alpha value is -4.57. The van der Waals surface area contributed by atoms with Crippen molar-refractivity contribution in [2.45, 2.75) is 13.5 Å². The van der Waals surface area contributed by atoms with E-state index in [0.717, 1.165) is 67.8 Å². The van der Waals surface area contributed by atoms with Gasteiger partial charge in [0.05, 0.1) is 13.7 Å². The van der Waals surface area contributed by atoms with Gasteiger partial charge in [0.2, 0.25) is 5.95 Å². The largest absolute Gasteiger partial charge is 0.497 e. The average Bonchev–Trinajstić information content (AvgIpc) is 3.00. The highest BCUT2D eigenvalue weighted by Crippen LogP contribution is 2.33. The first-order valence-corrected chi connectivity index (χ1v) is 14.0. The van der Waals surface area contributed by atoms with Gasteiger partial charge in [-0.2, -0.15) is 4.98 Å². The number of pyridine rings is 1. The van der Waals surface area contributed by atoms with E-state index >= 15 is 0 Å². The molecule has 0 saturated carbocycles. The lowest BCUT2D eigenvalue weighted by atomic mass is 10.2. The number of likely N-dealkylation sites (N-methyl/N-ethyl adjacent to an activating group) is 1. The lowest BCUT2D eigenvalue weighted by Crippen LogP contribution is -2.44. The van der Waals surface area contributed by atoms with Crippen LogP contribution in [0.5, 0.6) is 11.5 Å². The summed E-state index contributed by atoms with van der Waals surface area (Å²) in [4.78, 5) is 21.2. The number of anilines is 6. The predicted molar refractivity (Wildman–Crippen MR) is 163 cm³/mol. The molecule has 0 bridgehead atoms. The number of ether oxygens (including phenoxy) is 2. The van der Waals surface area contributed by atoms with Crippen LogP contribution in [0, 0.1) is 6.92 Å². The van der Waals surface area contributed by atoms with Gasteiger partial charge in [-0.1, -0.05) is 18.2 Å². The molecule has 2 aromatic heterocycles. The molecule has 212 valence electrons. The minimum atomic E-state index is 0.524. The Morgan fingerprint density at radius 2 is 1.76 bits per heavy atom. The molecular weight excluding hydrogens is 516 g/mol. The third kappa shape index (κ3) is 6.28. The van der Waals surface area contributed by atoms with Crippen LogP contribution in [-0.2, 0) is 6.54 Å². The van der Waals surface area contributed by atoms with Gasteiger partial charge in [0, 0.05) is 55.9 Å². The van der Waals surface area contributed by atoms with Crippen molar-refractivity contribution in [3.05, 3.63) is 78.0 Å². The number of nitrogens with one attached hydrogen (secondary N) is 2. The van der Waals surface area contributed by atoms with Gasteiger partial charge < -0.3 is 34.8 Å². The summed E-state index contributed by atoms with van der Waals surface area (Å²) in [6, 6.07) is 20.4. The number of methoxy groups -OCH3 is 1. The number of hydrogen-bond acceptors (Lipinski definition) is 10. The van der Waals surface area contributed by atoms with E-state index in [0.29, 0.717) is 24.2 Å². The minimum absolute atomic E-state index is 0.524. The minimum Gasteiger partial charge on any atom is -0.497 e.